The van der Waals surface area contributed by atoms with Crippen LogP contribution in [0.3, 0.4) is 0 Å². The van der Waals surface area contributed by atoms with E-state index in [4.69, 9.17) is 0 Å². The molecule has 1 aromatic heterocycles. The van der Waals surface area contributed by atoms with Crippen LogP contribution in [0, 0.1) is 0 Å². The van der Waals surface area contributed by atoms with Crippen molar-refractivity contribution in [2.75, 3.05) is 19.7 Å². The molecule has 2 heterocycles. The van der Waals surface area contributed by atoms with Crippen LogP contribution in [0.4, 0.5) is 18.0 Å². The second-order valence-electron chi connectivity index (χ2n) is 5.08. The fourth-order valence-corrected chi connectivity index (χ4v) is 2.43. The van der Waals surface area contributed by atoms with E-state index in [0.717, 1.165) is 18.4 Å². The van der Waals surface area contributed by atoms with Crippen molar-refractivity contribution in [3.8, 4) is 0 Å². The number of alkyl halides is 3. The van der Waals surface area contributed by atoms with Crippen molar-refractivity contribution in [1.82, 2.24) is 15.2 Å². The Morgan fingerprint density at radius 1 is 1.43 bits per heavy atom. The van der Waals surface area contributed by atoms with Crippen LogP contribution in [0.5, 0.6) is 0 Å². The van der Waals surface area contributed by atoms with Crippen LogP contribution in [0.15, 0.2) is 24.5 Å². The number of nitrogens with zero attached hydrogens (tertiary/aromatic N) is 2. The molecule has 0 aromatic carbocycles. The Kier molecular flexibility index (Phi) is 5.41. The molecule has 1 fully saturated rings. The molecule has 9 heteroatoms. The molecule has 23 heavy (non-hydrogen) atoms. The SMILES string of the molecule is O=C(NCC(=O)N1CCCC1c1cccnc1)OCC(F)(F)F. The highest BCUT2D eigenvalue weighted by molar-refractivity contribution is 5.82. The first-order valence-electron chi connectivity index (χ1n) is 7.03. The van der Waals surface area contributed by atoms with E-state index in [1.165, 1.54) is 0 Å². The molecule has 0 saturated carbocycles. The minimum atomic E-state index is -4.60. The van der Waals surface area contributed by atoms with Crippen molar-refractivity contribution < 1.29 is 27.5 Å². The lowest BCUT2D eigenvalue weighted by molar-refractivity contribution is -0.160. The van der Waals surface area contributed by atoms with Gasteiger partial charge in [-0.3, -0.25) is 9.78 Å². The molecule has 1 N–H and O–H groups in total. The van der Waals surface area contributed by atoms with Gasteiger partial charge in [-0.1, -0.05) is 6.07 Å². The van der Waals surface area contributed by atoms with E-state index in [1.54, 1.807) is 23.4 Å². The number of hydrogen-bond donors (Lipinski definition) is 1. The third-order valence-corrected chi connectivity index (χ3v) is 3.39. The lowest BCUT2D eigenvalue weighted by Gasteiger charge is -2.25. The fraction of sp³-hybridized carbons (Fsp3) is 0.500. The van der Waals surface area contributed by atoms with Gasteiger partial charge in [0.15, 0.2) is 6.61 Å². The van der Waals surface area contributed by atoms with Crippen molar-refractivity contribution in [3.05, 3.63) is 30.1 Å². The second kappa shape index (κ2) is 7.30. The van der Waals surface area contributed by atoms with Gasteiger partial charge in [-0.15, -0.1) is 0 Å². The van der Waals surface area contributed by atoms with Crippen molar-refractivity contribution >= 4 is 12.0 Å². The highest BCUT2D eigenvalue weighted by Crippen LogP contribution is 2.31. The lowest BCUT2D eigenvalue weighted by Crippen LogP contribution is -2.40. The molecule has 126 valence electrons. The Hall–Kier alpha value is -2.32. The average molecular weight is 331 g/mol. The zero-order chi connectivity index (χ0) is 16.9. The number of carbonyl (C=O) groups excluding carboxylic acids is 2. The zero-order valence-corrected chi connectivity index (χ0v) is 12.2. The van der Waals surface area contributed by atoms with Crippen LogP contribution in [0.1, 0.15) is 24.4 Å². The van der Waals surface area contributed by atoms with Crippen LogP contribution < -0.4 is 5.32 Å². The molecule has 6 nitrogen and oxygen atoms in total. The summed E-state index contributed by atoms with van der Waals surface area (Å²) in [6.45, 7) is -1.57. The summed E-state index contributed by atoms with van der Waals surface area (Å²) in [5.74, 6) is -0.375. The minimum Gasteiger partial charge on any atom is -0.440 e. The smallest absolute Gasteiger partial charge is 0.422 e. The Balaban J connectivity index is 1.84. The van der Waals surface area contributed by atoms with Gasteiger partial charge in [-0.2, -0.15) is 13.2 Å². The molecule has 1 aromatic rings. The molecule has 2 amide bonds. The summed E-state index contributed by atoms with van der Waals surface area (Å²) in [5.41, 5.74) is 0.887. The first-order chi connectivity index (χ1) is 10.9. The third kappa shape index (κ3) is 5.11. The highest BCUT2D eigenvalue weighted by atomic mass is 19.4. The summed E-state index contributed by atoms with van der Waals surface area (Å²) in [6, 6.07) is 3.49. The normalized spacial score (nSPS) is 17.9. The summed E-state index contributed by atoms with van der Waals surface area (Å²) in [4.78, 5) is 28.9. The number of amides is 2. The standard InChI is InChI=1S/C14H16F3N3O3/c15-14(16,17)9-23-13(22)19-8-12(21)20-6-2-4-11(20)10-3-1-5-18-7-10/h1,3,5,7,11H,2,4,6,8-9H2,(H,19,22). The Bertz CT molecular complexity index is 551. The van der Waals surface area contributed by atoms with E-state index >= 15 is 0 Å². The number of ether oxygens (including phenoxy) is 1. The number of alkyl carbamates (subject to hydrolysis) is 1. The van der Waals surface area contributed by atoms with Crippen molar-refractivity contribution in [2.24, 2.45) is 0 Å². The maximum absolute atomic E-state index is 12.1. The number of aromatic nitrogens is 1. The van der Waals surface area contributed by atoms with E-state index in [9.17, 15) is 22.8 Å². The van der Waals surface area contributed by atoms with Gasteiger partial charge in [-0.25, -0.2) is 4.79 Å². The van der Waals surface area contributed by atoms with Gasteiger partial charge in [-0.05, 0) is 24.5 Å². The van der Waals surface area contributed by atoms with Gasteiger partial charge in [0.2, 0.25) is 5.91 Å². The quantitative estimate of drug-likeness (QED) is 0.916. The average Bonchev–Trinajstić information content (AvgIpc) is 3.00. The van der Waals surface area contributed by atoms with E-state index < -0.39 is 25.4 Å². The molecule has 1 atom stereocenters. The fourth-order valence-electron chi connectivity index (χ4n) is 2.43. The molecule has 0 spiro atoms. The van der Waals surface area contributed by atoms with Gasteiger partial charge in [0.25, 0.3) is 0 Å². The van der Waals surface area contributed by atoms with E-state index in [1.807, 2.05) is 11.4 Å². The van der Waals surface area contributed by atoms with Crippen molar-refractivity contribution in [3.63, 3.8) is 0 Å². The van der Waals surface area contributed by atoms with E-state index in [2.05, 4.69) is 9.72 Å². The monoisotopic (exact) mass is 331 g/mol. The topological polar surface area (TPSA) is 71.5 Å². The second-order valence-corrected chi connectivity index (χ2v) is 5.08. The Labute approximate surface area is 130 Å². The van der Waals surface area contributed by atoms with Gasteiger partial charge < -0.3 is 15.0 Å². The highest BCUT2D eigenvalue weighted by Gasteiger charge is 2.31. The summed E-state index contributed by atoms with van der Waals surface area (Å²) in [7, 11) is 0. The summed E-state index contributed by atoms with van der Waals surface area (Å²) >= 11 is 0. The molecule has 0 radical (unpaired) electrons. The number of nitrogens with one attached hydrogen (secondary N) is 1. The van der Waals surface area contributed by atoms with Gasteiger partial charge in [0.05, 0.1) is 6.04 Å². The summed E-state index contributed by atoms with van der Waals surface area (Å²) in [6.07, 6.45) is -0.987. The first-order valence-corrected chi connectivity index (χ1v) is 7.03. The number of pyridine rings is 1. The van der Waals surface area contributed by atoms with Crippen LogP contribution >= 0.6 is 0 Å². The number of rotatable bonds is 4. The number of hydrogen-bond acceptors (Lipinski definition) is 4. The van der Waals surface area contributed by atoms with Crippen molar-refractivity contribution in [2.45, 2.75) is 25.1 Å². The number of likely N-dealkylation sites (tertiary alicyclic amines) is 1. The Morgan fingerprint density at radius 2 is 2.22 bits per heavy atom. The van der Waals surface area contributed by atoms with Gasteiger partial charge in [0.1, 0.15) is 6.54 Å². The van der Waals surface area contributed by atoms with E-state index in [-0.39, 0.29) is 11.9 Å². The molecule has 1 saturated heterocycles. The maximum atomic E-state index is 12.1. The maximum Gasteiger partial charge on any atom is 0.422 e. The summed E-state index contributed by atoms with van der Waals surface area (Å²) in [5, 5.41) is 2.04. The third-order valence-electron chi connectivity index (χ3n) is 3.39. The van der Waals surface area contributed by atoms with Crippen LogP contribution in [0.25, 0.3) is 0 Å². The molecule has 0 aliphatic carbocycles. The number of carbonyl (C=O) groups is 2. The first kappa shape index (κ1) is 17.0. The molecule has 1 aliphatic heterocycles. The number of halogens is 3. The molecule has 1 aliphatic rings. The molecular formula is C14H16F3N3O3. The molecule has 1 unspecified atom stereocenters. The molecule has 2 rings (SSSR count). The molecule has 0 bridgehead atoms. The predicted octanol–water partition coefficient (Wildman–Crippen LogP) is 2.03. The van der Waals surface area contributed by atoms with Crippen LogP contribution in [-0.2, 0) is 9.53 Å². The predicted molar refractivity (Wildman–Crippen MR) is 73.3 cm³/mol. The largest absolute Gasteiger partial charge is 0.440 e. The van der Waals surface area contributed by atoms with Crippen LogP contribution in [-0.4, -0.2) is 47.8 Å². The van der Waals surface area contributed by atoms with Gasteiger partial charge >= 0.3 is 12.3 Å². The van der Waals surface area contributed by atoms with E-state index in [0.29, 0.717) is 6.54 Å². The lowest BCUT2D eigenvalue weighted by atomic mass is 10.1. The molecular weight excluding hydrogens is 315 g/mol. The zero-order valence-electron chi connectivity index (χ0n) is 12.2. The Morgan fingerprint density at radius 3 is 2.87 bits per heavy atom. The summed E-state index contributed by atoms with van der Waals surface area (Å²) < 4.78 is 39.7. The minimum absolute atomic E-state index is 0.135. The van der Waals surface area contributed by atoms with Gasteiger partial charge in [0, 0.05) is 18.9 Å². The van der Waals surface area contributed by atoms with Crippen LogP contribution in [0.2, 0.25) is 0 Å². The van der Waals surface area contributed by atoms with Crippen molar-refractivity contribution in [1.29, 1.82) is 0 Å².